The van der Waals surface area contributed by atoms with Crippen LogP contribution in [-0.2, 0) is 58.7 Å². The zero-order chi connectivity index (χ0) is 2.00. The molecule has 4 heteroatoms. The van der Waals surface area contributed by atoms with Crippen LogP contribution in [0.5, 0.6) is 0 Å². The van der Waals surface area contributed by atoms with Gasteiger partial charge in [-0.2, -0.15) is 0 Å². The van der Waals surface area contributed by atoms with Crippen molar-refractivity contribution in [1.82, 2.24) is 0 Å². The molecule has 0 saturated heterocycles. The van der Waals surface area contributed by atoms with E-state index in [0.29, 0.717) is 0 Å². The van der Waals surface area contributed by atoms with Gasteiger partial charge in [-0.3, -0.25) is 0 Å². The van der Waals surface area contributed by atoms with Crippen molar-refractivity contribution < 1.29 is 58.7 Å². The Kier molecular flexibility index (Phi) is 105. The maximum atomic E-state index is 7.94. The third-order valence-corrected chi connectivity index (χ3v) is 0. The molecular formula is AgCo2O. The molecule has 0 unspecified atom stereocenters. The second-order valence-corrected chi connectivity index (χ2v) is 0. The molecule has 35 valence electrons. The van der Waals surface area contributed by atoms with E-state index in [1.165, 1.54) is 0 Å². The molecule has 0 aliphatic carbocycles. The molecule has 0 rings (SSSR count). The molecule has 0 atom stereocenters. The minimum atomic E-state index is 0. The van der Waals surface area contributed by atoms with E-state index in [2.05, 4.69) is 15.7 Å². The normalized spacial score (nSPS) is 1.25. The van der Waals surface area contributed by atoms with Gasteiger partial charge in [0.2, 0.25) is 0 Å². The predicted octanol–water partition coefficient (Wildman–Crippen LogP) is -0.126. The van der Waals surface area contributed by atoms with Gasteiger partial charge in [-0.15, -0.1) is 0 Å². The second-order valence-electron chi connectivity index (χ2n) is 0. The van der Waals surface area contributed by atoms with E-state index < -0.39 is 0 Å². The van der Waals surface area contributed by atoms with E-state index >= 15 is 0 Å². The maximum absolute atomic E-state index is 7.94. The van der Waals surface area contributed by atoms with Gasteiger partial charge in [0, 0.05) is 39.2 Å². The van der Waals surface area contributed by atoms with E-state index in [1.54, 1.807) is 0 Å². The molecule has 0 bridgehead atoms. The first-order chi connectivity index (χ1) is 1.00. The summed E-state index contributed by atoms with van der Waals surface area (Å²) in [6.07, 6.45) is 0. The summed E-state index contributed by atoms with van der Waals surface area (Å²) < 4.78 is 7.94. The first-order valence-corrected chi connectivity index (χ1v) is 0.561. The zero-order valence-corrected chi connectivity index (χ0v) is 4.94. The van der Waals surface area contributed by atoms with Crippen molar-refractivity contribution in [1.29, 1.82) is 0 Å². The fourth-order valence-corrected chi connectivity index (χ4v) is 0. The summed E-state index contributed by atoms with van der Waals surface area (Å²) in [5.41, 5.74) is 0. The quantitative estimate of drug-likeness (QED) is 0.541. The molecule has 0 saturated carbocycles. The fraction of sp³-hybridized carbons (Fsp3) is 0. The van der Waals surface area contributed by atoms with E-state index in [4.69, 9.17) is 3.87 Å². The van der Waals surface area contributed by atoms with Gasteiger partial charge in [-0.25, -0.2) is 0 Å². The monoisotopic (exact) mass is 241 g/mol. The number of hydrogen-bond donors (Lipinski definition) is 0. The van der Waals surface area contributed by atoms with Crippen LogP contribution < -0.4 is 0 Å². The summed E-state index contributed by atoms with van der Waals surface area (Å²) in [6.45, 7) is 0. The molecule has 2 radical (unpaired) electrons. The summed E-state index contributed by atoms with van der Waals surface area (Å²) >= 11 is 2.31. The zero-order valence-electron chi connectivity index (χ0n) is 1.38. The number of rotatable bonds is 0. The first kappa shape index (κ1) is 17.7. The molecule has 1 nitrogen and oxygen atoms in total. The topological polar surface area (TPSA) is 17.1 Å². The molecule has 0 aromatic rings. The van der Waals surface area contributed by atoms with E-state index in [-0.39, 0.29) is 39.2 Å². The van der Waals surface area contributed by atoms with Crippen molar-refractivity contribution in [3.05, 3.63) is 0 Å². The summed E-state index contributed by atoms with van der Waals surface area (Å²) in [5.74, 6) is 0. The summed E-state index contributed by atoms with van der Waals surface area (Å²) in [5, 5.41) is 0. The van der Waals surface area contributed by atoms with Gasteiger partial charge < -0.3 is 0 Å². The Bertz CT molecular complexity index is 6.00. The molecule has 0 aliphatic heterocycles. The van der Waals surface area contributed by atoms with Crippen LogP contribution in [0.25, 0.3) is 0 Å². The van der Waals surface area contributed by atoms with Crippen LogP contribution in [0.15, 0.2) is 0 Å². The Morgan fingerprint density at radius 2 is 1.25 bits per heavy atom. The Labute approximate surface area is 58.4 Å². The van der Waals surface area contributed by atoms with Crippen molar-refractivity contribution in [2.45, 2.75) is 0 Å². The van der Waals surface area contributed by atoms with Crippen LogP contribution in [0, 0.1) is 0 Å². The van der Waals surface area contributed by atoms with Gasteiger partial charge in [-0.1, -0.05) is 0 Å². The van der Waals surface area contributed by atoms with E-state index in [1.807, 2.05) is 0 Å². The Morgan fingerprint density at radius 1 is 1.25 bits per heavy atom. The molecule has 0 heterocycles. The van der Waals surface area contributed by atoms with Crippen molar-refractivity contribution in [2.75, 3.05) is 0 Å². The van der Waals surface area contributed by atoms with Crippen LogP contribution in [0.3, 0.4) is 0 Å². The molecule has 0 fully saturated rings. The van der Waals surface area contributed by atoms with Crippen LogP contribution >= 0.6 is 0 Å². The minimum absolute atomic E-state index is 0. The van der Waals surface area contributed by atoms with Gasteiger partial charge in [-0.05, 0) is 0 Å². The molecule has 0 aromatic heterocycles. The molecule has 0 aromatic carbocycles. The molecule has 0 amide bonds. The first-order valence-electron chi connectivity index (χ1n) is 0.136. The van der Waals surface area contributed by atoms with Gasteiger partial charge in [0.1, 0.15) is 0 Å². The summed E-state index contributed by atoms with van der Waals surface area (Å²) in [4.78, 5) is 0. The third-order valence-electron chi connectivity index (χ3n) is 0. The van der Waals surface area contributed by atoms with Crippen molar-refractivity contribution in [3.63, 3.8) is 0 Å². The Balaban J connectivity index is -0.00000000500. The van der Waals surface area contributed by atoms with Crippen LogP contribution in [0.2, 0.25) is 0 Å². The van der Waals surface area contributed by atoms with Gasteiger partial charge >= 0.3 is 19.5 Å². The van der Waals surface area contributed by atoms with Gasteiger partial charge in [0.25, 0.3) is 0 Å². The average Bonchev–Trinajstić information content (AvgIpc) is 1.00. The van der Waals surface area contributed by atoms with Crippen molar-refractivity contribution >= 4 is 0 Å². The predicted molar refractivity (Wildman–Crippen MR) is 0.686 cm³/mol. The summed E-state index contributed by atoms with van der Waals surface area (Å²) in [6, 6.07) is 0. The van der Waals surface area contributed by atoms with Crippen molar-refractivity contribution in [3.8, 4) is 0 Å². The fourth-order valence-electron chi connectivity index (χ4n) is 0. The van der Waals surface area contributed by atoms with Crippen LogP contribution in [-0.4, -0.2) is 0 Å². The number of hydrogen-bond acceptors (Lipinski definition) is 1. The van der Waals surface area contributed by atoms with Crippen molar-refractivity contribution in [2.24, 2.45) is 0 Å². The van der Waals surface area contributed by atoms with Gasteiger partial charge in [0.15, 0.2) is 0 Å². The molecular weight excluding hydrogens is 242 g/mol. The molecule has 0 N–H and O–H groups in total. The average molecular weight is 242 g/mol. The van der Waals surface area contributed by atoms with E-state index in [0.717, 1.165) is 0 Å². The molecule has 0 aliphatic rings. The Hall–Kier alpha value is 1.55. The van der Waals surface area contributed by atoms with Crippen LogP contribution in [0.1, 0.15) is 0 Å². The molecule has 0 spiro atoms. The SMILES string of the molecule is [Ag].[Co].[O]=[Co]. The summed E-state index contributed by atoms with van der Waals surface area (Å²) in [7, 11) is 0. The third kappa shape index (κ3) is 9.60. The van der Waals surface area contributed by atoms with Gasteiger partial charge in [0.05, 0.1) is 0 Å². The van der Waals surface area contributed by atoms with E-state index in [9.17, 15) is 0 Å². The van der Waals surface area contributed by atoms with Crippen LogP contribution in [0.4, 0.5) is 0 Å². The standard InChI is InChI=1S/Ag.2Co.O. The Morgan fingerprint density at radius 3 is 1.25 bits per heavy atom. The molecule has 4 heavy (non-hydrogen) atoms. The second kappa shape index (κ2) is 23.8.